The molecule has 0 aliphatic carbocycles. The number of rotatable bonds is 2. The summed E-state index contributed by atoms with van der Waals surface area (Å²) >= 11 is 0. The molecule has 17 heavy (non-hydrogen) atoms. The van der Waals surface area contributed by atoms with Crippen LogP contribution < -0.4 is 5.73 Å². The van der Waals surface area contributed by atoms with Crippen LogP contribution in [0.2, 0.25) is 0 Å². The fourth-order valence-electron chi connectivity index (χ4n) is 1.78. The molecule has 1 atom stereocenters. The van der Waals surface area contributed by atoms with Gasteiger partial charge in [0.2, 0.25) is 0 Å². The molecule has 4 heteroatoms. The molecule has 1 unspecified atom stereocenters. The van der Waals surface area contributed by atoms with Gasteiger partial charge in [-0.15, -0.1) is 0 Å². The lowest BCUT2D eigenvalue weighted by Gasteiger charge is -2.15. The van der Waals surface area contributed by atoms with Crippen LogP contribution in [0.3, 0.4) is 0 Å². The Morgan fingerprint density at radius 2 is 2.00 bits per heavy atom. The van der Waals surface area contributed by atoms with Crippen molar-refractivity contribution in [3.8, 4) is 0 Å². The highest BCUT2D eigenvalue weighted by Gasteiger charge is 2.16. The maximum atomic E-state index is 10.3. The van der Waals surface area contributed by atoms with Gasteiger partial charge >= 0.3 is 0 Å². The number of pyridine rings is 2. The SMILES string of the molecule is Cc1cnc(N)c(C(O)c2ccncc2C)c1. The molecule has 0 aliphatic rings. The van der Waals surface area contributed by atoms with Crippen molar-refractivity contribution in [1.82, 2.24) is 9.97 Å². The normalized spacial score (nSPS) is 12.4. The van der Waals surface area contributed by atoms with E-state index in [1.807, 2.05) is 19.9 Å². The first-order valence-corrected chi connectivity index (χ1v) is 5.40. The van der Waals surface area contributed by atoms with E-state index in [1.54, 1.807) is 24.7 Å². The molecule has 4 nitrogen and oxygen atoms in total. The zero-order chi connectivity index (χ0) is 12.4. The molecule has 3 N–H and O–H groups in total. The summed E-state index contributed by atoms with van der Waals surface area (Å²) in [7, 11) is 0. The van der Waals surface area contributed by atoms with E-state index in [-0.39, 0.29) is 0 Å². The number of aromatic nitrogens is 2. The van der Waals surface area contributed by atoms with E-state index in [9.17, 15) is 5.11 Å². The summed E-state index contributed by atoms with van der Waals surface area (Å²) in [5.41, 5.74) is 9.14. The van der Waals surface area contributed by atoms with Gasteiger partial charge in [-0.2, -0.15) is 0 Å². The Kier molecular flexibility index (Phi) is 3.06. The van der Waals surface area contributed by atoms with Crippen molar-refractivity contribution in [2.75, 3.05) is 5.73 Å². The Balaban J connectivity index is 2.47. The molecule has 0 aromatic carbocycles. The Labute approximate surface area is 100 Å². The minimum Gasteiger partial charge on any atom is -0.384 e. The van der Waals surface area contributed by atoms with Crippen LogP contribution in [0, 0.1) is 13.8 Å². The molecule has 2 aromatic rings. The van der Waals surface area contributed by atoms with Crippen LogP contribution in [0.25, 0.3) is 0 Å². The monoisotopic (exact) mass is 229 g/mol. The van der Waals surface area contributed by atoms with Crippen molar-refractivity contribution in [3.05, 3.63) is 53.0 Å². The molecule has 2 heterocycles. The smallest absolute Gasteiger partial charge is 0.129 e. The Morgan fingerprint density at radius 1 is 1.24 bits per heavy atom. The van der Waals surface area contributed by atoms with Gasteiger partial charge in [-0.1, -0.05) is 0 Å². The van der Waals surface area contributed by atoms with Gasteiger partial charge in [0.05, 0.1) is 0 Å². The summed E-state index contributed by atoms with van der Waals surface area (Å²) in [5, 5.41) is 10.3. The molecule has 0 fully saturated rings. The summed E-state index contributed by atoms with van der Waals surface area (Å²) in [4.78, 5) is 8.06. The Bertz CT molecular complexity index is 540. The summed E-state index contributed by atoms with van der Waals surface area (Å²) in [5.74, 6) is 0.360. The van der Waals surface area contributed by atoms with E-state index >= 15 is 0 Å². The maximum absolute atomic E-state index is 10.3. The molecular weight excluding hydrogens is 214 g/mol. The standard InChI is InChI=1S/C13H15N3O/c1-8-5-11(13(14)16-6-8)12(17)10-3-4-15-7-9(10)2/h3-7,12,17H,1-2H3,(H2,14,16). The van der Waals surface area contributed by atoms with Gasteiger partial charge in [0.25, 0.3) is 0 Å². The lowest BCUT2D eigenvalue weighted by Crippen LogP contribution is -2.07. The van der Waals surface area contributed by atoms with Crippen molar-refractivity contribution in [1.29, 1.82) is 0 Å². The summed E-state index contributed by atoms with van der Waals surface area (Å²) in [6, 6.07) is 3.65. The Morgan fingerprint density at radius 3 is 2.71 bits per heavy atom. The molecule has 0 bridgehead atoms. The van der Waals surface area contributed by atoms with Crippen LogP contribution in [0.4, 0.5) is 5.82 Å². The molecule has 2 rings (SSSR count). The molecule has 0 saturated carbocycles. The predicted molar refractivity (Wildman–Crippen MR) is 66.4 cm³/mol. The third-order valence-corrected chi connectivity index (χ3v) is 2.74. The van der Waals surface area contributed by atoms with Crippen LogP contribution in [0.15, 0.2) is 30.7 Å². The van der Waals surface area contributed by atoms with E-state index < -0.39 is 6.10 Å². The average molecular weight is 229 g/mol. The average Bonchev–Trinajstić information content (AvgIpc) is 2.32. The second kappa shape index (κ2) is 4.51. The minimum atomic E-state index is -0.759. The van der Waals surface area contributed by atoms with Crippen LogP contribution in [-0.2, 0) is 0 Å². The number of aryl methyl sites for hydroxylation is 2. The maximum Gasteiger partial charge on any atom is 0.129 e. The fraction of sp³-hybridized carbons (Fsp3) is 0.231. The number of hydrogen-bond donors (Lipinski definition) is 2. The molecule has 0 saturated heterocycles. The van der Waals surface area contributed by atoms with Gasteiger partial charge < -0.3 is 10.8 Å². The van der Waals surface area contributed by atoms with E-state index in [1.165, 1.54) is 0 Å². The molecule has 0 radical (unpaired) electrons. The van der Waals surface area contributed by atoms with Crippen LogP contribution in [0.1, 0.15) is 28.4 Å². The minimum absolute atomic E-state index is 0.360. The van der Waals surface area contributed by atoms with Crippen molar-refractivity contribution in [3.63, 3.8) is 0 Å². The highest BCUT2D eigenvalue weighted by molar-refractivity contribution is 5.46. The third-order valence-electron chi connectivity index (χ3n) is 2.74. The first-order valence-electron chi connectivity index (χ1n) is 5.40. The van der Waals surface area contributed by atoms with Crippen molar-refractivity contribution >= 4 is 5.82 Å². The molecule has 88 valence electrons. The number of anilines is 1. The summed E-state index contributed by atoms with van der Waals surface area (Å²) in [6.45, 7) is 3.83. The van der Waals surface area contributed by atoms with Gasteiger partial charge in [-0.25, -0.2) is 4.98 Å². The van der Waals surface area contributed by atoms with Gasteiger partial charge in [-0.05, 0) is 42.7 Å². The lowest BCUT2D eigenvalue weighted by atomic mass is 9.99. The van der Waals surface area contributed by atoms with E-state index in [0.717, 1.165) is 16.7 Å². The number of nitrogen functional groups attached to an aromatic ring is 1. The van der Waals surface area contributed by atoms with E-state index in [2.05, 4.69) is 9.97 Å². The molecule has 2 aromatic heterocycles. The first-order chi connectivity index (χ1) is 8.09. The van der Waals surface area contributed by atoms with Crippen molar-refractivity contribution in [2.24, 2.45) is 0 Å². The molecular formula is C13H15N3O. The molecule has 0 aliphatic heterocycles. The second-order valence-electron chi connectivity index (χ2n) is 4.12. The number of aliphatic hydroxyl groups excluding tert-OH is 1. The third kappa shape index (κ3) is 2.26. The zero-order valence-corrected chi connectivity index (χ0v) is 9.88. The van der Waals surface area contributed by atoms with Crippen LogP contribution >= 0.6 is 0 Å². The highest BCUT2D eigenvalue weighted by Crippen LogP contribution is 2.27. The fourth-order valence-corrected chi connectivity index (χ4v) is 1.78. The number of hydrogen-bond acceptors (Lipinski definition) is 4. The van der Waals surface area contributed by atoms with E-state index in [0.29, 0.717) is 11.4 Å². The van der Waals surface area contributed by atoms with Gasteiger partial charge in [0.15, 0.2) is 0 Å². The predicted octanol–water partition coefficient (Wildman–Crippen LogP) is 1.76. The summed E-state index contributed by atoms with van der Waals surface area (Å²) in [6.07, 6.45) is 4.30. The topological polar surface area (TPSA) is 72.0 Å². The lowest BCUT2D eigenvalue weighted by molar-refractivity contribution is 0.219. The number of nitrogens with two attached hydrogens (primary N) is 1. The van der Waals surface area contributed by atoms with Gasteiger partial charge in [-0.3, -0.25) is 4.98 Å². The summed E-state index contributed by atoms with van der Waals surface area (Å²) < 4.78 is 0. The Hall–Kier alpha value is -1.94. The quantitative estimate of drug-likeness (QED) is 0.823. The van der Waals surface area contributed by atoms with Crippen molar-refractivity contribution < 1.29 is 5.11 Å². The molecule has 0 spiro atoms. The number of nitrogens with zero attached hydrogens (tertiary/aromatic N) is 2. The van der Waals surface area contributed by atoms with Crippen molar-refractivity contribution in [2.45, 2.75) is 20.0 Å². The number of aliphatic hydroxyl groups is 1. The first kappa shape index (κ1) is 11.5. The van der Waals surface area contributed by atoms with Crippen LogP contribution in [0.5, 0.6) is 0 Å². The molecule has 0 amide bonds. The largest absolute Gasteiger partial charge is 0.384 e. The van der Waals surface area contributed by atoms with Crippen LogP contribution in [-0.4, -0.2) is 15.1 Å². The van der Waals surface area contributed by atoms with Gasteiger partial charge in [0.1, 0.15) is 11.9 Å². The van der Waals surface area contributed by atoms with E-state index in [4.69, 9.17) is 5.73 Å². The second-order valence-corrected chi connectivity index (χ2v) is 4.12. The highest BCUT2D eigenvalue weighted by atomic mass is 16.3. The zero-order valence-electron chi connectivity index (χ0n) is 9.88. The van der Waals surface area contributed by atoms with Gasteiger partial charge in [0, 0.05) is 24.2 Å².